The van der Waals surface area contributed by atoms with Crippen molar-refractivity contribution in [1.82, 2.24) is 4.72 Å². The molecule has 0 fully saturated rings. The molecule has 0 aromatic rings. The molecular weight excluding hydrogens is 262 g/mol. The highest BCUT2D eigenvalue weighted by atomic mass is 32.2. The van der Waals surface area contributed by atoms with Crippen LogP contribution in [0.15, 0.2) is 0 Å². The molecule has 0 atom stereocenters. The highest BCUT2D eigenvalue weighted by molar-refractivity contribution is 7.83. The summed E-state index contributed by atoms with van der Waals surface area (Å²) in [5.41, 5.74) is 0. The van der Waals surface area contributed by atoms with Crippen LogP contribution < -0.4 is 4.72 Å². The summed E-state index contributed by atoms with van der Waals surface area (Å²) in [5.74, 6) is 0. The Kier molecular flexibility index (Phi) is 12.8. The van der Waals surface area contributed by atoms with Crippen LogP contribution in [0.1, 0.15) is 84.0 Å². The summed E-state index contributed by atoms with van der Waals surface area (Å²) in [7, 11) is -3.99. The summed E-state index contributed by atoms with van der Waals surface area (Å²) in [6.45, 7) is 2.59. The molecule has 116 valence electrons. The zero-order valence-electron chi connectivity index (χ0n) is 12.4. The van der Waals surface area contributed by atoms with Gasteiger partial charge in [-0.2, -0.15) is 13.1 Å². The molecule has 0 aliphatic heterocycles. The van der Waals surface area contributed by atoms with Gasteiger partial charge in [-0.05, 0) is 6.42 Å². The van der Waals surface area contributed by atoms with Crippen molar-refractivity contribution in [1.29, 1.82) is 0 Å². The third kappa shape index (κ3) is 17.9. The van der Waals surface area contributed by atoms with E-state index in [0.29, 0.717) is 6.54 Å². The lowest BCUT2D eigenvalue weighted by Crippen LogP contribution is -2.23. The molecule has 0 aliphatic carbocycles. The summed E-state index contributed by atoms with van der Waals surface area (Å²) in [5, 5.41) is 0. The molecular formula is C14H31NO3S. The molecule has 0 amide bonds. The maximum atomic E-state index is 10.4. The minimum Gasteiger partial charge on any atom is -0.273 e. The van der Waals surface area contributed by atoms with E-state index in [2.05, 4.69) is 11.6 Å². The van der Waals surface area contributed by atoms with Crippen LogP contribution in [0.2, 0.25) is 0 Å². The molecule has 0 spiro atoms. The molecule has 19 heavy (non-hydrogen) atoms. The van der Waals surface area contributed by atoms with Gasteiger partial charge in [0.05, 0.1) is 0 Å². The summed E-state index contributed by atoms with van der Waals surface area (Å²) in [6, 6.07) is 0. The normalized spacial score (nSPS) is 11.9. The quantitative estimate of drug-likeness (QED) is 0.374. The monoisotopic (exact) mass is 293 g/mol. The molecule has 0 aliphatic rings. The maximum absolute atomic E-state index is 10.4. The molecule has 0 saturated carbocycles. The second-order valence-corrected chi connectivity index (χ2v) is 6.50. The average Bonchev–Trinajstić information content (AvgIpc) is 2.34. The average molecular weight is 293 g/mol. The van der Waals surface area contributed by atoms with Crippen LogP contribution in [-0.2, 0) is 10.3 Å². The third-order valence-corrected chi connectivity index (χ3v) is 3.88. The Hall–Kier alpha value is -0.130. The summed E-state index contributed by atoms with van der Waals surface area (Å²) >= 11 is 0. The molecule has 0 rings (SSSR count). The van der Waals surface area contributed by atoms with Crippen molar-refractivity contribution < 1.29 is 13.0 Å². The van der Waals surface area contributed by atoms with Crippen molar-refractivity contribution in [3.63, 3.8) is 0 Å². The Bertz CT molecular complexity index is 278. The van der Waals surface area contributed by atoms with Crippen molar-refractivity contribution in [3.05, 3.63) is 0 Å². The van der Waals surface area contributed by atoms with Crippen molar-refractivity contribution in [3.8, 4) is 0 Å². The molecule has 0 heterocycles. The van der Waals surface area contributed by atoms with E-state index >= 15 is 0 Å². The zero-order chi connectivity index (χ0) is 14.4. The van der Waals surface area contributed by atoms with Crippen molar-refractivity contribution in [2.45, 2.75) is 84.0 Å². The lowest BCUT2D eigenvalue weighted by atomic mass is 10.1. The summed E-state index contributed by atoms with van der Waals surface area (Å²) < 4.78 is 31.3. The van der Waals surface area contributed by atoms with Gasteiger partial charge in [0.1, 0.15) is 0 Å². The van der Waals surface area contributed by atoms with Crippen LogP contribution >= 0.6 is 0 Å². The van der Waals surface area contributed by atoms with Gasteiger partial charge in [0, 0.05) is 6.54 Å². The number of unbranched alkanes of at least 4 members (excludes halogenated alkanes) is 11. The predicted molar refractivity (Wildman–Crippen MR) is 80.6 cm³/mol. The minimum atomic E-state index is -3.99. The van der Waals surface area contributed by atoms with Crippen LogP contribution in [-0.4, -0.2) is 19.5 Å². The van der Waals surface area contributed by atoms with E-state index in [4.69, 9.17) is 4.55 Å². The fourth-order valence-electron chi connectivity index (χ4n) is 2.17. The van der Waals surface area contributed by atoms with Gasteiger partial charge in [-0.25, -0.2) is 0 Å². The lowest BCUT2D eigenvalue weighted by Gasteiger charge is -2.03. The Morgan fingerprint density at radius 1 is 0.737 bits per heavy atom. The molecule has 0 bridgehead atoms. The second-order valence-electron chi connectivity index (χ2n) is 5.26. The van der Waals surface area contributed by atoms with E-state index in [9.17, 15) is 8.42 Å². The summed E-state index contributed by atoms with van der Waals surface area (Å²) in [6.07, 6.45) is 15.0. The van der Waals surface area contributed by atoms with E-state index in [1.54, 1.807) is 0 Å². The van der Waals surface area contributed by atoms with Crippen LogP contribution in [0.5, 0.6) is 0 Å². The highest BCUT2D eigenvalue weighted by Gasteiger charge is 2.00. The van der Waals surface area contributed by atoms with Crippen molar-refractivity contribution >= 4 is 10.3 Å². The largest absolute Gasteiger partial charge is 0.333 e. The van der Waals surface area contributed by atoms with Crippen LogP contribution in [0.25, 0.3) is 0 Å². The minimum absolute atomic E-state index is 0.344. The predicted octanol–water partition coefficient (Wildman–Crippen LogP) is 4.08. The molecule has 4 nitrogen and oxygen atoms in total. The Labute approximate surface area is 119 Å². The smallest absolute Gasteiger partial charge is 0.273 e. The molecule has 0 aromatic carbocycles. The van der Waals surface area contributed by atoms with Gasteiger partial charge < -0.3 is 0 Å². The molecule has 2 N–H and O–H groups in total. The topological polar surface area (TPSA) is 66.4 Å². The van der Waals surface area contributed by atoms with Crippen LogP contribution in [0, 0.1) is 0 Å². The second kappa shape index (κ2) is 12.9. The fraction of sp³-hybridized carbons (Fsp3) is 1.00. The van der Waals surface area contributed by atoms with E-state index < -0.39 is 10.3 Å². The van der Waals surface area contributed by atoms with Gasteiger partial charge in [0.2, 0.25) is 0 Å². The number of hydrogen-bond acceptors (Lipinski definition) is 2. The Morgan fingerprint density at radius 2 is 1.11 bits per heavy atom. The number of rotatable bonds is 14. The molecule has 0 radical (unpaired) electrons. The number of nitrogens with one attached hydrogen (secondary N) is 1. The highest BCUT2D eigenvalue weighted by Crippen LogP contribution is 2.11. The van der Waals surface area contributed by atoms with E-state index in [1.807, 2.05) is 0 Å². The Balaban J connectivity index is 3.03. The molecule has 5 heteroatoms. The van der Waals surface area contributed by atoms with Crippen molar-refractivity contribution in [2.24, 2.45) is 0 Å². The van der Waals surface area contributed by atoms with Gasteiger partial charge in [-0.1, -0.05) is 77.6 Å². The van der Waals surface area contributed by atoms with Crippen molar-refractivity contribution in [2.75, 3.05) is 6.54 Å². The standard InChI is InChI=1S/C14H31NO3S/c1-2-3-4-5-6-7-8-9-10-11-12-13-14-15-19(16,17)18/h15H,2-14H2,1H3,(H,16,17,18). The van der Waals surface area contributed by atoms with Gasteiger partial charge in [-0.3, -0.25) is 4.55 Å². The number of hydrogen-bond donors (Lipinski definition) is 2. The first-order valence-electron chi connectivity index (χ1n) is 7.78. The van der Waals surface area contributed by atoms with Gasteiger partial charge in [-0.15, -0.1) is 0 Å². The first-order chi connectivity index (χ1) is 9.06. The van der Waals surface area contributed by atoms with E-state index in [1.165, 1.54) is 57.8 Å². The van der Waals surface area contributed by atoms with Crippen LogP contribution in [0.4, 0.5) is 0 Å². The Morgan fingerprint density at radius 3 is 1.47 bits per heavy atom. The van der Waals surface area contributed by atoms with E-state index in [-0.39, 0.29) is 0 Å². The first-order valence-corrected chi connectivity index (χ1v) is 9.22. The zero-order valence-corrected chi connectivity index (χ0v) is 13.2. The van der Waals surface area contributed by atoms with Gasteiger partial charge in [0.25, 0.3) is 0 Å². The van der Waals surface area contributed by atoms with Gasteiger partial charge in [0.15, 0.2) is 0 Å². The maximum Gasteiger partial charge on any atom is 0.333 e. The van der Waals surface area contributed by atoms with E-state index in [0.717, 1.165) is 19.3 Å². The molecule has 0 aromatic heterocycles. The lowest BCUT2D eigenvalue weighted by molar-refractivity contribution is 0.464. The van der Waals surface area contributed by atoms with Crippen LogP contribution in [0.3, 0.4) is 0 Å². The molecule has 0 saturated heterocycles. The third-order valence-electron chi connectivity index (χ3n) is 3.31. The molecule has 0 unspecified atom stereocenters. The summed E-state index contributed by atoms with van der Waals surface area (Å²) in [4.78, 5) is 0. The van der Waals surface area contributed by atoms with Gasteiger partial charge >= 0.3 is 10.3 Å². The SMILES string of the molecule is CCCCCCCCCCCCCCNS(=O)(=O)O. The first kappa shape index (κ1) is 18.9. The fourth-order valence-corrected chi connectivity index (χ4v) is 2.57.